The monoisotopic (exact) mass is 408 g/mol. The van der Waals surface area contributed by atoms with E-state index >= 15 is 0 Å². The molecule has 1 aliphatic rings. The van der Waals surface area contributed by atoms with Gasteiger partial charge in [-0.3, -0.25) is 0 Å². The number of hydrogen-bond donors (Lipinski definition) is 0. The Morgan fingerprint density at radius 3 is 2.40 bits per heavy atom. The van der Waals surface area contributed by atoms with E-state index in [-0.39, 0.29) is 5.60 Å². The molecule has 0 spiro atoms. The van der Waals surface area contributed by atoms with Gasteiger partial charge in [0, 0.05) is 7.11 Å². The first-order valence-corrected chi connectivity index (χ1v) is 8.64. The molecule has 0 unspecified atom stereocenters. The van der Waals surface area contributed by atoms with Crippen molar-refractivity contribution in [3.63, 3.8) is 0 Å². The molecule has 20 heavy (non-hydrogen) atoms. The number of methoxy groups -OCH3 is 1. The molecule has 1 heterocycles. The van der Waals surface area contributed by atoms with Crippen molar-refractivity contribution < 1.29 is 4.74 Å². The average molecular weight is 409 g/mol. The predicted molar refractivity (Wildman–Crippen MR) is 90.2 cm³/mol. The first kappa shape index (κ1) is 16.4. The van der Waals surface area contributed by atoms with Gasteiger partial charge in [0.15, 0.2) is 5.82 Å². The zero-order chi connectivity index (χ0) is 14.9. The van der Waals surface area contributed by atoms with E-state index in [9.17, 15) is 0 Å². The molecule has 112 valence electrons. The van der Waals surface area contributed by atoms with Crippen molar-refractivity contribution in [1.82, 2.24) is 9.97 Å². The van der Waals surface area contributed by atoms with Crippen LogP contribution >= 0.6 is 34.2 Å². The molecular weight excluding hydrogens is 387 g/mol. The van der Waals surface area contributed by atoms with E-state index in [4.69, 9.17) is 21.3 Å². The van der Waals surface area contributed by atoms with Gasteiger partial charge >= 0.3 is 0 Å². The van der Waals surface area contributed by atoms with Crippen molar-refractivity contribution in [2.24, 2.45) is 5.92 Å². The fourth-order valence-electron chi connectivity index (χ4n) is 2.77. The molecule has 0 atom stereocenters. The van der Waals surface area contributed by atoms with Gasteiger partial charge in [-0.15, -0.1) is 0 Å². The van der Waals surface area contributed by atoms with Gasteiger partial charge in [0.2, 0.25) is 0 Å². The molecule has 0 aromatic carbocycles. The molecule has 1 aromatic heterocycles. The summed E-state index contributed by atoms with van der Waals surface area (Å²) in [6.07, 6.45) is 4.24. The van der Waals surface area contributed by atoms with Crippen LogP contribution in [0.4, 0.5) is 0 Å². The fourth-order valence-corrected chi connectivity index (χ4v) is 3.81. The normalized spacial score (nSPS) is 27.1. The van der Waals surface area contributed by atoms with Gasteiger partial charge in [-0.25, -0.2) is 9.97 Å². The van der Waals surface area contributed by atoms with Crippen LogP contribution in [0.5, 0.6) is 0 Å². The number of aromatic nitrogens is 2. The van der Waals surface area contributed by atoms with E-state index in [1.165, 1.54) is 0 Å². The van der Waals surface area contributed by atoms with Crippen LogP contribution < -0.4 is 0 Å². The Hall–Kier alpha value is 0.0600. The summed E-state index contributed by atoms with van der Waals surface area (Å²) in [4.78, 5) is 9.33. The van der Waals surface area contributed by atoms with Gasteiger partial charge in [-0.1, -0.05) is 32.4 Å². The number of halogens is 2. The Kier molecular flexibility index (Phi) is 5.29. The van der Waals surface area contributed by atoms with Gasteiger partial charge in [-0.05, 0) is 60.1 Å². The van der Waals surface area contributed by atoms with Crippen LogP contribution in [0, 0.1) is 9.49 Å². The van der Waals surface area contributed by atoms with Gasteiger partial charge in [0.25, 0.3) is 0 Å². The zero-order valence-electron chi connectivity index (χ0n) is 12.5. The van der Waals surface area contributed by atoms with Crippen LogP contribution in [0.2, 0.25) is 5.15 Å². The van der Waals surface area contributed by atoms with Crippen molar-refractivity contribution in [3.05, 3.63) is 20.2 Å². The van der Waals surface area contributed by atoms with Gasteiger partial charge in [-0.2, -0.15) is 0 Å². The lowest BCUT2D eigenvalue weighted by molar-refractivity contribution is -0.0599. The van der Waals surface area contributed by atoms with Gasteiger partial charge in [0.05, 0.1) is 9.26 Å². The third-order valence-electron chi connectivity index (χ3n) is 4.26. The molecule has 1 saturated carbocycles. The van der Waals surface area contributed by atoms with Gasteiger partial charge in [0.1, 0.15) is 10.8 Å². The lowest BCUT2D eigenvalue weighted by Crippen LogP contribution is -2.35. The predicted octanol–water partition coefficient (Wildman–Crippen LogP) is 4.91. The topological polar surface area (TPSA) is 35.0 Å². The summed E-state index contributed by atoms with van der Waals surface area (Å²) >= 11 is 8.55. The standard InChI is InChI=1S/C15H22ClIN2O/c1-9(2)12-11(17)13(16)19-14(18-12)15(20-4)7-5-10(3)6-8-15/h9-10H,5-8H2,1-4H3. The van der Waals surface area contributed by atoms with E-state index in [1.54, 1.807) is 7.11 Å². The SMILES string of the molecule is COC1(c2nc(Cl)c(I)c(C(C)C)n2)CCC(C)CC1. The lowest BCUT2D eigenvalue weighted by Gasteiger charge is -2.37. The number of ether oxygens (including phenoxy) is 1. The minimum Gasteiger partial charge on any atom is -0.370 e. The third kappa shape index (κ3) is 3.12. The molecule has 0 amide bonds. The molecule has 5 heteroatoms. The average Bonchev–Trinajstić information content (AvgIpc) is 2.42. The summed E-state index contributed by atoms with van der Waals surface area (Å²) in [6, 6.07) is 0. The highest BCUT2D eigenvalue weighted by molar-refractivity contribution is 14.1. The summed E-state index contributed by atoms with van der Waals surface area (Å²) in [5, 5.41) is 0.550. The molecule has 2 rings (SSSR count). The smallest absolute Gasteiger partial charge is 0.162 e. The number of hydrogen-bond acceptors (Lipinski definition) is 3. The molecule has 0 radical (unpaired) electrons. The van der Waals surface area contributed by atoms with Crippen molar-refractivity contribution in [2.45, 2.75) is 58.0 Å². The zero-order valence-corrected chi connectivity index (χ0v) is 15.5. The Bertz CT molecular complexity index is 485. The highest BCUT2D eigenvalue weighted by Crippen LogP contribution is 2.41. The molecular formula is C15H22ClIN2O. The molecule has 1 fully saturated rings. The number of rotatable bonds is 3. The third-order valence-corrected chi connectivity index (χ3v) is 5.92. The second-order valence-electron chi connectivity index (χ2n) is 6.07. The molecule has 1 aliphatic carbocycles. The summed E-state index contributed by atoms with van der Waals surface area (Å²) in [7, 11) is 1.76. The minimum absolute atomic E-state index is 0.331. The maximum absolute atomic E-state index is 6.32. The van der Waals surface area contributed by atoms with E-state index < -0.39 is 0 Å². The van der Waals surface area contributed by atoms with Crippen molar-refractivity contribution in [2.75, 3.05) is 7.11 Å². The Morgan fingerprint density at radius 2 is 1.90 bits per heavy atom. The summed E-state index contributed by atoms with van der Waals surface area (Å²) in [5.41, 5.74) is 0.667. The molecule has 0 bridgehead atoms. The van der Waals surface area contributed by atoms with Crippen LogP contribution in [0.15, 0.2) is 0 Å². The maximum atomic E-state index is 6.32. The highest BCUT2D eigenvalue weighted by atomic mass is 127. The van der Waals surface area contributed by atoms with E-state index in [2.05, 4.69) is 48.3 Å². The summed E-state index contributed by atoms with van der Waals surface area (Å²) in [5.74, 6) is 1.85. The molecule has 0 aliphatic heterocycles. The van der Waals surface area contributed by atoms with Crippen LogP contribution in [-0.2, 0) is 10.3 Å². The second-order valence-corrected chi connectivity index (χ2v) is 7.51. The highest BCUT2D eigenvalue weighted by Gasteiger charge is 2.39. The molecule has 1 aromatic rings. The van der Waals surface area contributed by atoms with Gasteiger partial charge < -0.3 is 4.74 Å². The van der Waals surface area contributed by atoms with E-state index in [0.717, 1.165) is 46.7 Å². The van der Waals surface area contributed by atoms with Crippen molar-refractivity contribution in [1.29, 1.82) is 0 Å². The lowest BCUT2D eigenvalue weighted by atomic mass is 9.79. The van der Waals surface area contributed by atoms with Crippen LogP contribution in [-0.4, -0.2) is 17.1 Å². The fraction of sp³-hybridized carbons (Fsp3) is 0.733. The van der Waals surface area contributed by atoms with Crippen molar-refractivity contribution in [3.8, 4) is 0 Å². The molecule has 0 N–H and O–H groups in total. The number of nitrogens with zero attached hydrogens (tertiary/aromatic N) is 2. The van der Waals surface area contributed by atoms with Crippen LogP contribution in [0.1, 0.15) is 63.9 Å². The van der Waals surface area contributed by atoms with Crippen molar-refractivity contribution >= 4 is 34.2 Å². The summed E-state index contributed by atoms with van der Waals surface area (Å²) < 4.78 is 6.81. The first-order chi connectivity index (χ1) is 9.39. The molecule has 0 saturated heterocycles. The Balaban J connectivity index is 2.45. The maximum Gasteiger partial charge on any atom is 0.162 e. The first-order valence-electron chi connectivity index (χ1n) is 7.18. The van der Waals surface area contributed by atoms with E-state index in [1.807, 2.05) is 0 Å². The van der Waals surface area contributed by atoms with E-state index in [0.29, 0.717) is 11.1 Å². The van der Waals surface area contributed by atoms with Crippen LogP contribution in [0.25, 0.3) is 0 Å². The molecule has 3 nitrogen and oxygen atoms in total. The second kappa shape index (κ2) is 6.44. The Labute approximate surface area is 140 Å². The quantitative estimate of drug-likeness (QED) is 0.526. The summed E-state index contributed by atoms with van der Waals surface area (Å²) in [6.45, 7) is 6.56. The Morgan fingerprint density at radius 1 is 1.30 bits per heavy atom. The largest absolute Gasteiger partial charge is 0.370 e. The van der Waals surface area contributed by atoms with Crippen LogP contribution in [0.3, 0.4) is 0 Å². The minimum atomic E-state index is -0.357.